The molecule has 3 unspecified atom stereocenters. The second-order valence-corrected chi connectivity index (χ2v) is 19.4. The second kappa shape index (κ2) is 17.0. The molecule has 1 N–H and O–H groups in total. The summed E-state index contributed by atoms with van der Waals surface area (Å²) in [5.74, 6) is -1.66. The van der Waals surface area contributed by atoms with Crippen molar-refractivity contribution in [2.45, 2.75) is 124 Å². The molecule has 0 radical (unpaired) electrons. The molecule has 1 heterocycles. The number of carboxylic acids is 1. The van der Waals surface area contributed by atoms with Gasteiger partial charge in [0.05, 0.1) is 6.61 Å². The molecule has 3 atom stereocenters. The first-order valence-electron chi connectivity index (χ1n) is 18.1. The summed E-state index contributed by atoms with van der Waals surface area (Å²) in [5, 5.41) is 9.32. The van der Waals surface area contributed by atoms with Gasteiger partial charge in [0.15, 0.2) is 5.16 Å². The number of imide groups is 1. The van der Waals surface area contributed by atoms with E-state index in [0.717, 1.165) is 4.90 Å². The summed E-state index contributed by atoms with van der Waals surface area (Å²) in [7, 11) is -3.92. The maximum absolute atomic E-state index is 15.0. The second-order valence-electron chi connectivity index (χ2n) is 16.6. The van der Waals surface area contributed by atoms with Crippen LogP contribution in [0.3, 0.4) is 0 Å². The van der Waals surface area contributed by atoms with Crippen LogP contribution in [0, 0.1) is 5.41 Å². The Bertz CT molecular complexity index is 1650. The molecular formula is C39H56F3N2O9P. The molecule has 2 amide bonds. The Labute approximate surface area is 316 Å². The monoisotopic (exact) mass is 784 g/mol. The van der Waals surface area contributed by atoms with Gasteiger partial charge in [-0.2, -0.15) is 0 Å². The van der Waals surface area contributed by atoms with Crippen LogP contribution in [0.5, 0.6) is 5.75 Å². The van der Waals surface area contributed by atoms with Crippen molar-refractivity contribution in [2.24, 2.45) is 5.41 Å². The number of rotatable bonds is 12. The molecule has 302 valence electrons. The summed E-state index contributed by atoms with van der Waals surface area (Å²) in [6.45, 7) is 17.6. The molecule has 1 saturated heterocycles. The molecule has 0 aromatic heterocycles. The number of nitrogens with zero attached hydrogens (tertiary/aromatic N) is 2. The smallest absolute Gasteiger partial charge is 0.480 e. The number of carboxylic acid groups (broad SMARTS) is 1. The van der Waals surface area contributed by atoms with Gasteiger partial charge in [0.25, 0.3) is 0 Å². The van der Waals surface area contributed by atoms with Crippen molar-refractivity contribution in [3.05, 3.63) is 54.1 Å². The minimum Gasteiger partial charge on any atom is -0.480 e. The molecule has 1 aliphatic heterocycles. The van der Waals surface area contributed by atoms with E-state index in [-0.39, 0.29) is 57.4 Å². The Morgan fingerprint density at radius 3 is 2.02 bits per heavy atom. The molecule has 11 nitrogen and oxygen atoms in total. The van der Waals surface area contributed by atoms with E-state index >= 15 is 0 Å². The Hall–Kier alpha value is -3.61. The standard InChI is InChI=1S/C39H56F3N2O9P/c1-11-50-54(49)24-23-43(26-28-17-12-13-20-30(28)27-18-16-19-29(25-27)51-39(40,41)42)31(35(2,3)4)38(54,32(45)46)21-14-15-22-44(33(47)52-36(5,6)7)34(48)53-37(8,9)10/h12-13,16-20,25,31H,11,14-15,21-24,26H2,1-10H3,(H,45,46). The zero-order valence-electron chi connectivity index (χ0n) is 33.0. The van der Waals surface area contributed by atoms with Gasteiger partial charge in [0.2, 0.25) is 7.37 Å². The van der Waals surface area contributed by atoms with Gasteiger partial charge in [-0.1, -0.05) is 57.2 Å². The molecule has 2 aromatic carbocycles. The highest BCUT2D eigenvalue weighted by Crippen LogP contribution is 2.67. The molecule has 15 heteroatoms. The molecule has 54 heavy (non-hydrogen) atoms. The highest BCUT2D eigenvalue weighted by atomic mass is 31.2. The summed E-state index contributed by atoms with van der Waals surface area (Å²) in [4.78, 5) is 42.9. The molecule has 1 fully saturated rings. The van der Waals surface area contributed by atoms with Crippen molar-refractivity contribution in [3.63, 3.8) is 0 Å². The molecule has 0 saturated carbocycles. The van der Waals surface area contributed by atoms with Crippen LogP contribution in [0.25, 0.3) is 11.1 Å². The van der Waals surface area contributed by atoms with Gasteiger partial charge in [0, 0.05) is 31.8 Å². The van der Waals surface area contributed by atoms with Crippen LogP contribution in [0.15, 0.2) is 48.5 Å². The third-order valence-corrected chi connectivity index (χ3v) is 12.2. The van der Waals surface area contributed by atoms with Gasteiger partial charge in [-0.05, 0) is 102 Å². The van der Waals surface area contributed by atoms with Gasteiger partial charge in [-0.25, -0.2) is 14.5 Å². The van der Waals surface area contributed by atoms with E-state index in [1.54, 1.807) is 72.7 Å². The number of unbranched alkanes of at least 4 members (excludes halogenated alkanes) is 1. The summed E-state index contributed by atoms with van der Waals surface area (Å²) < 4.78 is 75.2. The van der Waals surface area contributed by atoms with Crippen LogP contribution in [-0.2, 0) is 29.9 Å². The lowest BCUT2D eigenvalue weighted by Crippen LogP contribution is -2.66. The van der Waals surface area contributed by atoms with Crippen LogP contribution >= 0.6 is 7.37 Å². The summed E-state index contributed by atoms with van der Waals surface area (Å²) in [6.07, 6.45) is -6.55. The number of halogens is 3. The van der Waals surface area contributed by atoms with Gasteiger partial charge >= 0.3 is 24.5 Å². The third-order valence-electron chi connectivity index (χ3n) is 8.82. The number of aliphatic carboxylic acids is 1. The number of carbonyl (C=O) groups excluding carboxylic acids is 2. The Morgan fingerprint density at radius 2 is 1.50 bits per heavy atom. The highest BCUT2D eigenvalue weighted by Gasteiger charge is 2.66. The van der Waals surface area contributed by atoms with Crippen LogP contribution in [0.1, 0.15) is 94.1 Å². The number of benzene rings is 2. The number of carbonyl (C=O) groups is 3. The minimum atomic E-state index is -4.87. The van der Waals surface area contributed by atoms with Gasteiger partial charge < -0.3 is 23.8 Å². The van der Waals surface area contributed by atoms with Gasteiger partial charge in [-0.3, -0.25) is 14.3 Å². The predicted octanol–water partition coefficient (Wildman–Crippen LogP) is 9.96. The van der Waals surface area contributed by atoms with E-state index in [1.807, 2.05) is 31.7 Å². The third kappa shape index (κ3) is 11.5. The lowest BCUT2D eigenvalue weighted by Gasteiger charge is -2.55. The topological polar surface area (TPSA) is 132 Å². The molecule has 1 aliphatic rings. The van der Waals surface area contributed by atoms with Crippen molar-refractivity contribution in [1.82, 2.24) is 9.80 Å². The SMILES string of the molecule is CCOP1(=O)CCN(Cc2ccccc2-c2cccc(OC(F)(F)F)c2)C(C(C)(C)C)C1(CCCCN(C(=O)OC(C)(C)C)C(=O)OC(C)(C)C)C(=O)O. The molecule has 3 rings (SSSR count). The van der Waals surface area contributed by atoms with E-state index in [4.69, 9.17) is 14.0 Å². The molecule has 2 aromatic rings. The van der Waals surface area contributed by atoms with E-state index in [1.165, 1.54) is 18.2 Å². The average Bonchev–Trinajstić information content (AvgIpc) is 2.99. The van der Waals surface area contributed by atoms with E-state index in [9.17, 15) is 37.2 Å². The Kier molecular flexibility index (Phi) is 14.1. The minimum absolute atomic E-state index is 0.0212. The van der Waals surface area contributed by atoms with Crippen molar-refractivity contribution in [3.8, 4) is 16.9 Å². The van der Waals surface area contributed by atoms with Crippen LogP contribution in [-0.4, -0.2) is 87.7 Å². The zero-order chi connectivity index (χ0) is 40.9. The van der Waals surface area contributed by atoms with Crippen LogP contribution in [0.4, 0.5) is 22.8 Å². The number of hydrogen-bond donors (Lipinski definition) is 1. The van der Waals surface area contributed by atoms with E-state index in [2.05, 4.69) is 4.74 Å². The van der Waals surface area contributed by atoms with Gasteiger partial charge in [-0.15, -0.1) is 13.2 Å². The maximum atomic E-state index is 15.0. The fourth-order valence-electron chi connectivity index (χ4n) is 7.15. The molecule has 0 bridgehead atoms. The van der Waals surface area contributed by atoms with Crippen molar-refractivity contribution >= 4 is 25.5 Å². The molecule has 0 aliphatic carbocycles. The zero-order valence-corrected chi connectivity index (χ0v) is 33.9. The Morgan fingerprint density at radius 1 is 0.907 bits per heavy atom. The first-order chi connectivity index (χ1) is 24.7. The summed E-state index contributed by atoms with van der Waals surface area (Å²) >= 11 is 0. The lowest BCUT2D eigenvalue weighted by atomic mass is 9.74. The van der Waals surface area contributed by atoms with Crippen molar-refractivity contribution in [1.29, 1.82) is 0 Å². The lowest BCUT2D eigenvalue weighted by molar-refractivity contribution is -0.274. The summed E-state index contributed by atoms with van der Waals surface area (Å²) in [6, 6.07) is 11.9. The normalized spacial score (nSPS) is 21.3. The van der Waals surface area contributed by atoms with Gasteiger partial charge in [0.1, 0.15) is 17.0 Å². The number of ether oxygens (including phenoxy) is 3. The predicted molar refractivity (Wildman–Crippen MR) is 200 cm³/mol. The van der Waals surface area contributed by atoms with Crippen LogP contribution in [0.2, 0.25) is 0 Å². The molecular weight excluding hydrogens is 728 g/mol. The quantitative estimate of drug-likeness (QED) is 0.164. The first kappa shape index (κ1) is 44.8. The Balaban J connectivity index is 2.04. The average molecular weight is 785 g/mol. The van der Waals surface area contributed by atoms with Crippen molar-refractivity contribution in [2.75, 3.05) is 25.9 Å². The maximum Gasteiger partial charge on any atom is 0.573 e. The molecule has 0 spiro atoms. The van der Waals surface area contributed by atoms with Crippen molar-refractivity contribution < 1.29 is 56.0 Å². The van der Waals surface area contributed by atoms with E-state index < -0.39 is 59.7 Å². The number of amides is 2. The largest absolute Gasteiger partial charge is 0.573 e. The van der Waals surface area contributed by atoms with Crippen LogP contribution < -0.4 is 4.74 Å². The first-order valence-corrected chi connectivity index (χ1v) is 19.9. The number of hydrogen-bond acceptors (Lipinski definition) is 9. The van der Waals surface area contributed by atoms with E-state index in [0.29, 0.717) is 16.7 Å². The fourth-order valence-corrected chi connectivity index (χ4v) is 10.6. The fraction of sp³-hybridized carbons (Fsp3) is 0.615. The highest BCUT2D eigenvalue weighted by molar-refractivity contribution is 7.62. The number of alkyl halides is 3. The summed E-state index contributed by atoms with van der Waals surface area (Å²) in [5.41, 5.74) is -0.770.